The molecule has 0 atom stereocenters. The Kier molecular flexibility index (Phi) is 6.70. The van der Waals surface area contributed by atoms with E-state index >= 15 is 0 Å². The van der Waals surface area contributed by atoms with Crippen LogP contribution in [0.2, 0.25) is 0 Å². The molecule has 0 amide bonds. The number of nitrogens with zero attached hydrogens (tertiary/aromatic N) is 2. The third-order valence-corrected chi connectivity index (χ3v) is 6.29. The summed E-state index contributed by atoms with van der Waals surface area (Å²) in [7, 11) is -1.82. The third kappa shape index (κ3) is 3.62. The molecule has 8 heteroatoms. The summed E-state index contributed by atoms with van der Waals surface area (Å²) in [5.41, 5.74) is 5.11. The van der Waals surface area contributed by atoms with E-state index in [1.54, 1.807) is 24.5 Å². The van der Waals surface area contributed by atoms with Gasteiger partial charge in [0.05, 0.1) is 5.69 Å². The summed E-state index contributed by atoms with van der Waals surface area (Å²) in [5, 5.41) is 3.14. The number of benzene rings is 1. The lowest BCUT2D eigenvalue weighted by atomic mass is 9.89. The van der Waals surface area contributed by atoms with Gasteiger partial charge in [0.2, 0.25) is 0 Å². The molecule has 1 aliphatic carbocycles. The second-order valence-corrected chi connectivity index (χ2v) is 7.97. The second-order valence-electron chi connectivity index (χ2n) is 6.16. The minimum atomic E-state index is -3.69. The van der Waals surface area contributed by atoms with Gasteiger partial charge in [-0.3, -0.25) is 4.98 Å². The zero-order valence-electron chi connectivity index (χ0n) is 14.8. The smallest absolute Gasteiger partial charge is 0.269 e. The first kappa shape index (κ1) is 21.4. The monoisotopic (exact) mass is 425 g/mol. The summed E-state index contributed by atoms with van der Waals surface area (Å²) in [6.07, 6.45) is 6.50. The number of hydrogen-bond donors (Lipinski definition) is 1. The van der Waals surface area contributed by atoms with E-state index in [-0.39, 0.29) is 29.7 Å². The standard InChI is InChI=1S/C19H19N3O2S.2ClH/c1-20-11-15-13-22(25(23,24)16-6-4-10-21-12-16)19-17-7-3-2-5-14(17)8-9-18(15)19;;/h2-7,10,12-13,20H,8-9,11H2,1H3;2*1H. The molecule has 1 aliphatic rings. The highest BCUT2D eigenvalue weighted by Crippen LogP contribution is 2.38. The average molecular weight is 426 g/mol. The molecule has 0 aliphatic heterocycles. The molecule has 1 N–H and O–H groups in total. The maximum atomic E-state index is 13.2. The minimum Gasteiger partial charge on any atom is -0.316 e. The number of aryl methyl sites for hydroxylation is 1. The molecule has 0 radical (unpaired) electrons. The number of aromatic nitrogens is 2. The van der Waals surface area contributed by atoms with Gasteiger partial charge < -0.3 is 5.32 Å². The van der Waals surface area contributed by atoms with Crippen LogP contribution in [0.3, 0.4) is 0 Å². The van der Waals surface area contributed by atoms with E-state index in [1.807, 2.05) is 25.2 Å². The largest absolute Gasteiger partial charge is 0.316 e. The van der Waals surface area contributed by atoms with Gasteiger partial charge in [0.1, 0.15) is 4.90 Å². The molecular weight excluding hydrogens is 405 g/mol. The Morgan fingerprint density at radius 2 is 1.89 bits per heavy atom. The van der Waals surface area contributed by atoms with E-state index in [1.165, 1.54) is 15.7 Å². The molecule has 0 spiro atoms. The average Bonchev–Trinajstić information content (AvgIpc) is 3.03. The van der Waals surface area contributed by atoms with E-state index in [4.69, 9.17) is 0 Å². The van der Waals surface area contributed by atoms with Gasteiger partial charge in [-0.2, -0.15) is 0 Å². The molecule has 4 rings (SSSR count). The molecule has 0 saturated heterocycles. The van der Waals surface area contributed by atoms with Gasteiger partial charge in [-0.05, 0) is 48.7 Å². The number of halogens is 2. The first-order chi connectivity index (χ1) is 12.1. The predicted molar refractivity (Wildman–Crippen MR) is 111 cm³/mol. The van der Waals surface area contributed by atoms with Crippen LogP contribution in [0.25, 0.3) is 11.3 Å². The van der Waals surface area contributed by atoms with Crippen LogP contribution in [0.15, 0.2) is 59.9 Å². The normalized spacial score (nSPS) is 12.3. The molecule has 5 nitrogen and oxygen atoms in total. The number of fused-ring (bicyclic) bond motifs is 3. The number of nitrogens with one attached hydrogen (secondary N) is 1. The van der Waals surface area contributed by atoms with Crippen molar-refractivity contribution < 1.29 is 8.42 Å². The maximum absolute atomic E-state index is 13.2. The first-order valence-electron chi connectivity index (χ1n) is 8.24. The molecule has 3 aromatic rings. The molecule has 0 bridgehead atoms. The SMILES string of the molecule is CNCc1cn(S(=O)(=O)c2cccnc2)c2c1CCc1ccccc1-2.Cl.Cl. The fourth-order valence-electron chi connectivity index (χ4n) is 3.50. The lowest BCUT2D eigenvalue weighted by Gasteiger charge is -2.20. The van der Waals surface area contributed by atoms with Crippen molar-refractivity contribution in [1.82, 2.24) is 14.3 Å². The van der Waals surface area contributed by atoms with E-state index in [2.05, 4.69) is 16.4 Å². The lowest BCUT2D eigenvalue weighted by Crippen LogP contribution is -2.16. The summed E-state index contributed by atoms with van der Waals surface area (Å²) < 4.78 is 27.9. The fourth-order valence-corrected chi connectivity index (χ4v) is 4.89. The molecule has 0 unspecified atom stereocenters. The molecule has 2 heterocycles. The molecule has 27 heavy (non-hydrogen) atoms. The van der Waals surface area contributed by atoms with Crippen LogP contribution in [-0.2, 0) is 29.4 Å². The second kappa shape index (κ2) is 8.44. The Morgan fingerprint density at radius 1 is 1.11 bits per heavy atom. The number of pyridine rings is 1. The molecule has 0 fully saturated rings. The van der Waals surface area contributed by atoms with Gasteiger partial charge in [-0.15, -0.1) is 24.8 Å². The number of hydrogen-bond acceptors (Lipinski definition) is 4. The third-order valence-electron chi connectivity index (χ3n) is 4.64. The van der Waals surface area contributed by atoms with Crippen molar-refractivity contribution in [3.63, 3.8) is 0 Å². The van der Waals surface area contributed by atoms with Gasteiger partial charge in [-0.1, -0.05) is 24.3 Å². The van der Waals surface area contributed by atoms with Crippen LogP contribution < -0.4 is 5.32 Å². The topological polar surface area (TPSA) is 64.0 Å². The molecule has 2 aromatic heterocycles. The summed E-state index contributed by atoms with van der Waals surface area (Å²) in [5.74, 6) is 0. The predicted octanol–water partition coefficient (Wildman–Crippen LogP) is 3.45. The first-order valence-corrected chi connectivity index (χ1v) is 9.68. The van der Waals surface area contributed by atoms with Crippen molar-refractivity contribution in [2.45, 2.75) is 24.3 Å². The van der Waals surface area contributed by atoms with Gasteiger partial charge in [-0.25, -0.2) is 12.4 Å². The Labute approximate surface area is 171 Å². The van der Waals surface area contributed by atoms with E-state index in [9.17, 15) is 8.42 Å². The highest BCUT2D eigenvalue weighted by Gasteiger charge is 2.29. The summed E-state index contributed by atoms with van der Waals surface area (Å²) >= 11 is 0. The zero-order valence-corrected chi connectivity index (χ0v) is 17.2. The van der Waals surface area contributed by atoms with Gasteiger partial charge in [0.25, 0.3) is 10.0 Å². The van der Waals surface area contributed by atoms with Gasteiger partial charge in [0.15, 0.2) is 0 Å². The van der Waals surface area contributed by atoms with Crippen molar-refractivity contribution in [3.8, 4) is 11.3 Å². The van der Waals surface area contributed by atoms with Crippen LogP contribution >= 0.6 is 24.8 Å². The highest BCUT2D eigenvalue weighted by molar-refractivity contribution is 7.90. The van der Waals surface area contributed by atoms with Crippen LogP contribution in [0, 0.1) is 0 Å². The van der Waals surface area contributed by atoms with Gasteiger partial charge in [0, 0.05) is 30.7 Å². The summed E-state index contributed by atoms with van der Waals surface area (Å²) in [6, 6.07) is 11.3. The zero-order chi connectivity index (χ0) is 17.4. The van der Waals surface area contributed by atoms with E-state index in [0.717, 1.165) is 35.2 Å². The van der Waals surface area contributed by atoms with Crippen molar-refractivity contribution in [2.75, 3.05) is 7.05 Å². The van der Waals surface area contributed by atoms with Crippen molar-refractivity contribution in [3.05, 3.63) is 71.7 Å². The van der Waals surface area contributed by atoms with Crippen molar-refractivity contribution in [1.29, 1.82) is 0 Å². The van der Waals surface area contributed by atoms with Crippen LogP contribution in [-0.4, -0.2) is 24.4 Å². The van der Waals surface area contributed by atoms with E-state index in [0.29, 0.717) is 6.54 Å². The quantitative estimate of drug-likeness (QED) is 0.694. The summed E-state index contributed by atoms with van der Waals surface area (Å²) in [6.45, 7) is 0.639. The minimum absolute atomic E-state index is 0. The maximum Gasteiger partial charge on any atom is 0.269 e. The summed E-state index contributed by atoms with van der Waals surface area (Å²) in [4.78, 5) is 4.17. The van der Waals surface area contributed by atoms with Crippen LogP contribution in [0.1, 0.15) is 16.7 Å². The van der Waals surface area contributed by atoms with Gasteiger partial charge >= 0.3 is 0 Å². The molecule has 144 valence electrons. The Balaban J connectivity index is 0.00000131. The Hall–Kier alpha value is -1.86. The van der Waals surface area contributed by atoms with Crippen LogP contribution in [0.5, 0.6) is 0 Å². The highest BCUT2D eigenvalue weighted by atomic mass is 35.5. The Morgan fingerprint density at radius 3 is 2.59 bits per heavy atom. The lowest BCUT2D eigenvalue weighted by molar-refractivity contribution is 0.587. The number of rotatable bonds is 4. The Bertz CT molecular complexity index is 1030. The molecule has 1 aromatic carbocycles. The molecular formula is C19H21Cl2N3O2S. The molecule has 0 saturated carbocycles. The van der Waals surface area contributed by atoms with Crippen molar-refractivity contribution >= 4 is 34.8 Å². The van der Waals surface area contributed by atoms with Crippen LogP contribution in [0.4, 0.5) is 0 Å². The van der Waals surface area contributed by atoms with Crippen molar-refractivity contribution in [2.24, 2.45) is 0 Å². The fraction of sp³-hybridized carbons (Fsp3) is 0.211. The van der Waals surface area contributed by atoms with E-state index < -0.39 is 10.0 Å².